The highest BCUT2D eigenvalue weighted by molar-refractivity contribution is 7.91. The summed E-state index contributed by atoms with van der Waals surface area (Å²) in [5.74, 6) is 1.31. The molecule has 10 heteroatoms. The number of carbonyl (C=O) groups is 2. The van der Waals surface area contributed by atoms with Gasteiger partial charge in [-0.1, -0.05) is 18.9 Å². The van der Waals surface area contributed by atoms with Crippen LogP contribution in [-0.4, -0.2) is 62.9 Å². The van der Waals surface area contributed by atoms with Crippen LogP contribution in [0.2, 0.25) is 0 Å². The first-order chi connectivity index (χ1) is 18.8. The van der Waals surface area contributed by atoms with E-state index in [1.165, 1.54) is 0 Å². The quantitative estimate of drug-likeness (QED) is 0.555. The van der Waals surface area contributed by atoms with Crippen molar-refractivity contribution in [3.8, 4) is 11.5 Å². The van der Waals surface area contributed by atoms with Crippen LogP contribution in [0.3, 0.4) is 0 Å². The van der Waals surface area contributed by atoms with Crippen LogP contribution in [0.25, 0.3) is 0 Å². The standard InChI is InChI=1S/C29H37N3O6S/c1-3-37-25-14-11-21(19-26(25)38-4-2)27-23-7-5-6-8-24(23)29(34)32(30-27)22-12-9-20(10-13-22)28(33)31-15-17-39(35,36)18-16-31/h9-14,19,23-24,27,30H,3-8,15-18H2,1-2H3. The van der Waals surface area contributed by atoms with Crippen molar-refractivity contribution in [3.05, 3.63) is 53.6 Å². The number of fused-ring (bicyclic) bond motifs is 1. The van der Waals surface area contributed by atoms with Crippen LogP contribution in [0.5, 0.6) is 11.5 Å². The normalized spacial score (nSPS) is 24.7. The van der Waals surface area contributed by atoms with E-state index in [1.54, 1.807) is 34.2 Å². The molecule has 0 radical (unpaired) electrons. The molecule has 1 aliphatic carbocycles. The lowest BCUT2D eigenvalue weighted by molar-refractivity contribution is -0.129. The lowest BCUT2D eigenvalue weighted by atomic mass is 9.72. The first-order valence-electron chi connectivity index (χ1n) is 13.9. The van der Waals surface area contributed by atoms with Gasteiger partial charge in [0.15, 0.2) is 21.3 Å². The summed E-state index contributed by atoms with van der Waals surface area (Å²) in [5.41, 5.74) is 5.69. The highest BCUT2D eigenvalue weighted by Gasteiger charge is 2.44. The molecule has 2 heterocycles. The van der Waals surface area contributed by atoms with Crippen molar-refractivity contribution in [1.82, 2.24) is 10.3 Å². The lowest BCUT2D eigenvalue weighted by Gasteiger charge is -2.46. The molecular weight excluding hydrogens is 518 g/mol. The fraction of sp³-hybridized carbons (Fsp3) is 0.517. The minimum Gasteiger partial charge on any atom is -0.490 e. The van der Waals surface area contributed by atoms with E-state index in [9.17, 15) is 18.0 Å². The van der Waals surface area contributed by atoms with E-state index in [-0.39, 0.29) is 54.3 Å². The minimum atomic E-state index is -3.07. The summed E-state index contributed by atoms with van der Waals surface area (Å²) in [6.45, 7) is 5.36. The maximum atomic E-state index is 13.7. The molecule has 3 atom stereocenters. The molecule has 0 spiro atoms. The molecule has 210 valence electrons. The summed E-state index contributed by atoms with van der Waals surface area (Å²) in [4.78, 5) is 28.2. The van der Waals surface area contributed by atoms with Gasteiger partial charge in [-0.25, -0.2) is 18.9 Å². The van der Waals surface area contributed by atoms with Crippen LogP contribution >= 0.6 is 0 Å². The predicted molar refractivity (Wildman–Crippen MR) is 149 cm³/mol. The summed E-state index contributed by atoms with van der Waals surface area (Å²) in [6, 6.07) is 12.9. The van der Waals surface area contributed by atoms with Crippen LogP contribution < -0.4 is 19.9 Å². The maximum Gasteiger partial charge on any atom is 0.253 e. The van der Waals surface area contributed by atoms with Gasteiger partial charge in [-0.2, -0.15) is 0 Å². The van der Waals surface area contributed by atoms with Crippen molar-refractivity contribution in [1.29, 1.82) is 0 Å². The molecule has 1 saturated carbocycles. The number of anilines is 1. The Hall–Kier alpha value is -3.11. The van der Waals surface area contributed by atoms with Crippen LogP contribution in [-0.2, 0) is 14.6 Å². The smallest absolute Gasteiger partial charge is 0.253 e. The van der Waals surface area contributed by atoms with Crippen molar-refractivity contribution in [2.24, 2.45) is 11.8 Å². The monoisotopic (exact) mass is 555 g/mol. The molecule has 39 heavy (non-hydrogen) atoms. The number of hydrogen-bond donors (Lipinski definition) is 1. The van der Waals surface area contributed by atoms with Crippen molar-refractivity contribution in [3.63, 3.8) is 0 Å². The topological polar surface area (TPSA) is 105 Å². The lowest BCUT2D eigenvalue weighted by Crippen LogP contribution is -2.58. The molecule has 2 aromatic rings. The molecule has 0 aromatic heterocycles. The average Bonchev–Trinajstić information content (AvgIpc) is 2.94. The van der Waals surface area contributed by atoms with E-state index >= 15 is 0 Å². The summed E-state index contributed by atoms with van der Waals surface area (Å²) in [5, 5.41) is 1.63. The predicted octanol–water partition coefficient (Wildman–Crippen LogP) is 3.75. The highest BCUT2D eigenvalue weighted by atomic mass is 32.2. The Morgan fingerprint density at radius 3 is 2.31 bits per heavy atom. The average molecular weight is 556 g/mol. The second-order valence-electron chi connectivity index (χ2n) is 10.4. The molecule has 0 bridgehead atoms. The zero-order chi connectivity index (χ0) is 27.6. The van der Waals surface area contributed by atoms with Gasteiger partial charge in [0.25, 0.3) is 5.91 Å². The van der Waals surface area contributed by atoms with Gasteiger partial charge in [0, 0.05) is 24.6 Å². The molecule has 3 unspecified atom stereocenters. The SMILES string of the molecule is CCOc1ccc(C2NN(c3ccc(C(=O)N4CCS(=O)(=O)CC4)cc3)C(=O)C3CCCCC32)cc1OCC. The van der Waals surface area contributed by atoms with Crippen LogP contribution in [0, 0.1) is 11.8 Å². The van der Waals surface area contributed by atoms with Gasteiger partial charge in [0.2, 0.25) is 5.91 Å². The van der Waals surface area contributed by atoms with Crippen LogP contribution in [0.15, 0.2) is 42.5 Å². The molecule has 2 aliphatic heterocycles. The number of hydrogen-bond acceptors (Lipinski definition) is 7. The molecule has 2 saturated heterocycles. The highest BCUT2D eigenvalue weighted by Crippen LogP contribution is 2.45. The van der Waals surface area contributed by atoms with Crippen LogP contribution in [0.1, 0.15) is 61.5 Å². The molecular formula is C29H37N3O6S. The third-order valence-corrected chi connectivity index (χ3v) is 9.59. The zero-order valence-electron chi connectivity index (χ0n) is 22.6. The second kappa shape index (κ2) is 11.6. The number of rotatable bonds is 7. The molecule has 1 N–H and O–H groups in total. The molecule has 3 aliphatic rings. The van der Waals surface area contributed by atoms with E-state index in [4.69, 9.17) is 9.47 Å². The molecule has 2 amide bonds. The van der Waals surface area contributed by atoms with E-state index in [2.05, 4.69) is 5.43 Å². The Kier molecular flexibility index (Phi) is 8.13. The maximum absolute atomic E-state index is 13.7. The molecule has 5 rings (SSSR count). The number of nitrogens with zero attached hydrogens (tertiary/aromatic N) is 2. The van der Waals surface area contributed by atoms with Crippen molar-refractivity contribution in [2.45, 2.75) is 45.6 Å². The van der Waals surface area contributed by atoms with Gasteiger partial charge in [-0.3, -0.25) is 9.59 Å². The van der Waals surface area contributed by atoms with E-state index in [0.29, 0.717) is 36.0 Å². The molecule has 9 nitrogen and oxygen atoms in total. The Balaban J connectivity index is 1.39. The second-order valence-corrected chi connectivity index (χ2v) is 12.7. The Bertz CT molecular complexity index is 1300. The third kappa shape index (κ3) is 5.77. The van der Waals surface area contributed by atoms with Gasteiger partial charge < -0.3 is 14.4 Å². The summed E-state index contributed by atoms with van der Waals surface area (Å²) in [6.07, 6.45) is 3.94. The number of sulfone groups is 1. The van der Waals surface area contributed by atoms with Gasteiger partial charge in [-0.05, 0) is 74.6 Å². The first kappa shape index (κ1) is 27.5. The Morgan fingerprint density at radius 1 is 0.949 bits per heavy atom. The number of amides is 2. The van der Waals surface area contributed by atoms with E-state index in [1.807, 2.05) is 32.0 Å². The number of ether oxygens (including phenoxy) is 2. The molecule has 2 aromatic carbocycles. The number of nitrogens with one attached hydrogen (secondary N) is 1. The zero-order valence-corrected chi connectivity index (χ0v) is 23.4. The van der Waals surface area contributed by atoms with Crippen molar-refractivity contribution < 1.29 is 27.5 Å². The largest absolute Gasteiger partial charge is 0.490 e. The summed E-state index contributed by atoms with van der Waals surface area (Å²) < 4.78 is 35.1. The van der Waals surface area contributed by atoms with E-state index in [0.717, 1.165) is 31.2 Å². The van der Waals surface area contributed by atoms with Crippen molar-refractivity contribution >= 4 is 27.3 Å². The summed E-state index contributed by atoms with van der Waals surface area (Å²) >= 11 is 0. The number of benzene rings is 2. The molecule has 3 fully saturated rings. The van der Waals surface area contributed by atoms with Gasteiger partial charge in [0.1, 0.15) is 0 Å². The van der Waals surface area contributed by atoms with Gasteiger partial charge >= 0.3 is 0 Å². The van der Waals surface area contributed by atoms with Gasteiger partial charge in [0.05, 0.1) is 36.4 Å². The number of carbonyl (C=O) groups excluding carboxylic acids is 2. The van der Waals surface area contributed by atoms with Crippen LogP contribution in [0.4, 0.5) is 5.69 Å². The minimum absolute atomic E-state index is 0.0104. The van der Waals surface area contributed by atoms with Gasteiger partial charge in [-0.15, -0.1) is 0 Å². The first-order valence-corrected chi connectivity index (χ1v) is 15.7. The summed E-state index contributed by atoms with van der Waals surface area (Å²) in [7, 11) is -3.07. The third-order valence-electron chi connectivity index (χ3n) is 7.98. The Labute approximate surface area is 230 Å². The Morgan fingerprint density at radius 2 is 1.62 bits per heavy atom. The fourth-order valence-corrected chi connectivity index (χ4v) is 7.17. The fourth-order valence-electron chi connectivity index (χ4n) is 5.97. The van der Waals surface area contributed by atoms with Crippen molar-refractivity contribution in [2.75, 3.05) is 42.8 Å². The van der Waals surface area contributed by atoms with E-state index < -0.39 is 9.84 Å². The number of hydrazine groups is 1.